The molecule has 1 aromatic rings. The van der Waals surface area contributed by atoms with E-state index < -0.39 is 10.8 Å². The molecule has 0 saturated carbocycles. The highest BCUT2D eigenvalue weighted by Gasteiger charge is 2.36. The van der Waals surface area contributed by atoms with Crippen molar-refractivity contribution in [3.05, 3.63) is 61.4 Å². The number of carbonyl (C=O) groups excluding carboxylic acids is 1. The van der Waals surface area contributed by atoms with Crippen molar-refractivity contribution in [3.63, 3.8) is 0 Å². The average molecular weight is 344 g/mol. The molecule has 0 spiro atoms. The zero-order valence-corrected chi connectivity index (χ0v) is 13.7. The molecule has 0 aromatic heterocycles. The summed E-state index contributed by atoms with van der Waals surface area (Å²) >= 11 is 5.89. The number of allylic oxidation sites excluding steroid dienone is 4. The van der Waals surface area contributed by atoms with Crippen LogP contribution in [0.25, 0.3) is 0 Å². The van der Waals surface area contributed by atoms with Gasteiger partial charge in [0.05, 0.1) is 22.5 Å². The monoisotopic (exact) mass is 343 g/mol. The third-order valence-electron chi connectivity index (χ3n) is 4.40. The summed E-state index contributed by atoms with van der Waals surface area (Å²) < 4.78 is 0. The van der Waals surface area contributed by atoms with Crippen molar-refractivity contribution in [3.8, 4) is 6.07 Å². The predicted octanol–water partition coefficient (Wildman–Crippen LogP) is 3.74. The van der Waals surface area contributed by atoms with E-state index in [1.165, 1.54) is 12.1 Å². The number of nitrogens with zero attached hydrogens (tertiary/aromatic N) is 2. The van der Waals surface area contributed by atoms with Gasteiger partial charge in [-0.1, -0.05) is 17.7 Å². The lowest BCUT2D eigenvalue weighted by molar-refractivity contribution is -0.384. The molecular formula is C17H14ClN3O3. The summed E-state index contributed by atoms with van der Waals surface area (Å²) in [4.78, 5) is 23.1. The number of nitro benzene ring substituents is 1. The normalized spacial score (nSPS) is 20.4. The van der Waals surface area contributed by atoms with E-state index in [-0.39, 0.29) is 16.5 Å². The Balaban J connectivity index is 2.21. The molecule has 0 bridgehead atoms. The number of nitriles is 1. The van der Waals surface area contributed by atoms with Crippen molar-refractivity contribution in [1.29, 1.82) is 5.26 Å². The van der Waals surface area contributed by atoms with Gasteiger partial charge in [-0.2, -0.15) is 5.26 Å². The Morgan fingerprint density at radius 2 is 2.17 bits per heavy atom. The Kier molecular flexibility index (Phi) is 4.12. The van der Waals surface area contributed by atoms with Crippen LogP contribution in [0.15, 0.2) is 40.7 Å². The van der Waals surface area contributed by atoms with Crippen LogP contribution in [0, 0.1) is 21.4 Å². The lowest BCUT2D eigenvalue weighted by atomic mass is 9.75. The van der Waals surface area contributed by atoms with Gasteiger partial charge in [0, 0.05) is 29.5 Å². The van der Waals surface area contributed by atoms with E-state index in [0.29, 0.717) is 28.8 Å². The predicted molar refractivity (Wildman–Crippen MR) is 88.2 cm³/mol. The standard InChI is InChI=1S/C17H14ClN3O3/c1-9-11(8-19)16(17-13(20-9)3-2-4-15(17)22)10-5-6-12(18)14(7-10)21(23)24/h5-7,16,20H,2-4H2,1H3/t16-/m0/s1. The number of halogens is 1. The molecule has 1 aromatic carbocycles. The summed E-state index contributed by atoms with van der Waals surface area (Å²) in [6, 6.07) is 6.58. The minimum Gasteiger partial charge on any atom is -0.361 e. The van der Waals surface area contributed by atoms with Crippen molar-refractivity contribution in [2.24, 2.45) is 0 Å². The van der Waals surface area contributed by atoms with E-state index in [1.807, 2.05) is 0 Å². The zero-order chi connectivity index (χ0) is 17.4. The van der Waals surface area contributed by atoms with Gasteiger partial charge in [-0.15, -0.1) is 0 Å². The lowest BCUT2D eigenvalue weighted by Crippen LogP contribution is -2.31. The number of hydrogen-bond acceptors (Lipinski definition) is 5. The van der Waals surface area contributed by atoms with Crippen LogP contribution in [-0.4, -0.2) is 10.7 Å². The molecule has 0 amide bonds. The average Bonchev–Trinajstić information content (AvgIpc) is 2.54. The van der Waals surface area contributed by atoms with Crippen molar-refractivity contribution in [1.82, 2.24) is 5.32 Å². The van der Waals surface area contributed by atoms with Gasteiger partial charge in [0.1, 0.15) is 5.02 Å². The Morgan fingerprint density at radius 1 is 1.42 bits per heavy atom. The highest BCUT2D eigenvalue weighted by molar-refractivity contribution is 6.32. The highest BCUT2D eigenvalue weighted by Crippen LogP contribution is 2.43. The molecule has 0 radical (unpaired) electrons. The topological polar surface area (TPSA) is 96.0 Å². The first-order chi connectivity index (χ1) is 11.4. The SMILES string of the molecule is CC1=C(C#N)[C@H](c2ccc(Cl)c([N+](=O)[O-])c2)C2=C(CCCC2=O)N1. The van der Waals surface area contributed by atoms with Gasteiger partial charge < -0.3 is 5.32 Å². The Hall–Kier alpha value is -2.65. The molecule has 0 unspecified atom stereocenters. The van der Waals surface area contributed by atoms with Gasteiger partial charge >= 0.3 is 0 Å². The maximum Gasteiger partial charge on any atom is 0.288 e. The number of ketones is 1. The number of Topliss-reactive ketones (excluding diaryl/α,β-unsaturated/α-hetero) is 1. The third-order valence-corrected chi connectivity index (χ3v) is 4.72. The first-order valence-electron chi connectivity index (χ1n) is 7.52. The maximum atomic E-state index is 12.5. The summed E-state index contributed by atoms with van der Waals surface area (Å²) in [5.41, 5.74) is 2.74. The van der Waals surface area contributed by atoms with Gasteiger partial charge in [0.15, 0.2) is 5.78 Å². The first-order valence-corrected chi connectivity index (χ1v) is 7.89. The van der Waals surface area contributed by atoms with E-state index in [1.54, 1.807) is 13.0 Å². The summed E-state index contributed by atoms with van der Waals surface area (Å²) in [5.74, 6) is -0.610. The van der Waals surface area contributed by atoms with Gasteiger partial charge in [-0.3, -0.25) is 14.9 Å². The molecule has 1 N–H and O–H groups in total. The molecule has 2 aliphatic rings. The second kappa shape index (κ2) is 6.10. The van der Waals surface area contributed by atoms with E-state index in [4.69, 9.17) is 11.6 Å². The van der Waals surface area contributed by atoms with E-state index >= 15 is 0 Å². The van der Waals surface area contributed by atoms with Crippen molar-refractivity contribution >= 4 is 23.1 Å². The maximum absolute atomic E-state index is 12.5. The first kappa shape index (κ1) is 16.2. The van der Waals surface area contributed by atoms with Crippen LogP contribution >= 0.6 is 11.6 Å². The minimum atomic E-state index is -0.588. The molecule has 0 fully saturated rings. The molecule has 1 heterocycles. The molecule has 122 valence electrons. The van der Waals surface area contributed by atoms with Crippen molar-refractivity contribution < 1.29 is 9.72 Å². The smallest absolute Gasteiger partial charge is 0.288 e. The van der Waals surface area contributed by atoms with Crippen LogP contribution in [0.5, 0.6) is 0 Å². The summed E-state index contributed by atoms with van der Waals surface area (Å²) in [5, 5.41) is 23.9. The quantitative estimate of drug-likeness (QED) is 0.651. The number of nitro groups is 1. The van der Waals surface area contributed by atoms with Crippen molar-refractivity contribution in [2.75, 3.05) is 0 Å². The van der Waals surface area contributed by atoms with Crippen LogP contribution < -0.4 is 5.32 Å². The van der Waals surface area contributed by atoms with Crippen LogP contribution in [0.1, 0.15) is 37.7 Å². The van der Waals surface area contributed by atoms with Gasteiger partial charge in [-0.25, -0.2) is 0 Å². The molecular weight excluding hydrogens is 330 g/mol. The van der Waals surface area contributed by atoms with Crippen LogP contribution in [0.3, 0.4) is 0 Å². The van der Waals surface area contributed by atoms with Gasteiger partial charge in [-0.05, 0) is 31.4 Å². The largest absolute Gasteiger partial charge is 0.361 e. The molecule has 1 aliphatic heterocycles. The number of hydrogen-bond donors (Lipinski definition) is 1. The van der Waals surface area contributed by atoms with E-state index in [2.05, 4.69) is 11.4 Å². The Bertz CT molecular complexity index is 864. The molecule has 6 nitrogen and oxygen atoms in total. The van der Waals surface area contributed by atoms with E-state index in [9.17, 15) is 20.2 Å². The fraction of sp³-hybridized carbons (Fsp3) is 0.294. The number of dihydropyridines is 1. The van der Waals surface area contributed by atoms with Crippen LogP contribution in [0.2, 0.25) is 5.02 Å². The zero-order valence-electron chi connectivity index (χ0n) is 12.9. The fourth-order valence-corrected chi connectivity index (χ4v) is 3.50. The van der Waals surface area contributed by atoms with Gasteiger partial charge in [0.2, 0.25) is 0 Å². The van der Waals surface area contributed by atoms with Gasteiger partial charge in [0.25, 0.3) is 5.69 Å². The molecule has 1 aliphatic carbocycles. The summed E-state index contributed by atoms with van der Waals surface area (Å²) in [6.07, 6.45) is 1.90. The summed E-state index contributed by atoms with van der Waals surface area (Å²) in [7, 11) is 0. The number of carbonyl (C=O) groups is 1. The molecule has 1 atom stereocenters. The second-order valence-corrected chi connectivity index (χ2v) is 6.25. The number of rotatable bonds is 2. The molecule has 24 heavy (non-hydrogen) atoms. The molecule has 0 saturated heterocycles. The Labute approximate surface area is 143 Å². The highest BCUT2D eigenvalue weighted by atomic mass is 35.5. The minimum absolute atomic E-state index is 0.0217. The third kappa shape index (κ3) is 2.57. The number of nitrogens with one attached hydrogen (secondary N) is 1. The van der Waals surface area contributed by atoms with Crippen LogP contribution in [0.4, 0.5) is 5.69 Å². The molecule has 3 rings (SSSR count). The second-order valence-electron chi connectivity index (χ2n) is 5.85. The fourth-order valence-electron chi connectivity index (χ4n) is 3.31. The molecule has 7 heteroatoms. The Morgan fingerprint density at radius 3 is 2.83 bits per heavy atom. The van der Waals surface area contributed by atoms with Crippen LogP contribution in [-0.2, 0) is 4.79 Å². The van der Waals surface area contributed by atoms with E-state index in [0.717, 1.165) is 18.5 Å². The summed E-state index contributed by atoms with van der Waals surface area (Å²) in [6.45, 7) is 1.78. The van der Waals surface area contributed by atoms with Crippen molar-refractivity contribution in [2.45, 2.75) is 32.1 Å². The number of benzene rings is 1. The lowest BCUT2D eigenvalue weighted by Gasteiger charge is -2.32.